The quantitative estimate of drug-likeness (QED) is 0.773. The third-order valence-corrected chi connectivity index (χ3v) is 4.14. The SMILES string of the molecule is Cc1cc(Br)cn2c(C(=O)O)c(-c3cccs3)nc12. The summed E-state index contributed by atoms with van der Waals surface area (Å²) in [6.45, 7) is 1.91. The number of nitrogens with zero attached hydrogens (tertiary/aromatic N) is 2. The molecule has 0 bridgehead atoms. The first kappa shape index (κ1) is 12.4. The summed E-state index contributed by atoms with van der Waals surface area (Å²) in [5, 5.41) is 11.4. The molecule has 0 unspecified atom stereocenters. The molecular weight excluding hydrogens is 328 g/mol. The summed E-state index contributed by atoms with van der Waals surface area (Å²) in [6, 6.07) is 5.69. The molecule has 1 N–H and O–H groups in total. The first-order chi connectivity index (χ1) is 9.08. The van der Waals surface area contributed by atoms with Crippen LogP contribution in [0.15, 0.2) is 34.2 Å². The van der Waals surface area contributed by atoms with Gasteiger partial charge in [-0.1, -0.05) is 6.07 Å². The zero-order chi connectivity index (χ0) is 13.6. The molecule has 0 saturated heterocycles. The third kappa shape index (κ3) is 1.97. The van der Waals surface area contributed by atoms with Crippen molar-refractivity contribution in [2.45, 2.75) is 6.92 Å². The fraction of sp³-hybridized carbons (Fsp3) is 0.0769. The number of hydrogen-bond donors (Lipinski definition) is 1. The molecule has 19 heavy (non-hydrogen) atoms. The highest BCUT2D eigenvalue weighted by Gasteiger charge is 2.21. The topological polar surface area (TPSA) is 54.6 Å². The number of aromatic carboxylic acids is 1. The van der Waals surface area contributed by atoms with Gasteiger partial charge in [0.15, 0.2) is 5.69 Å². The van der Waals surface area contributed by atoms with Crippen molar-refractivity contribution in [3.8, 4) is 10.6 Å². The van der Waals surface area contributed by atoms with Crippen molar-refractivity contribution in [2.24, 2.45) is 0 Å². The Labute approximate surface area is 121 Å². The number of aryl methyl sites for hydroxylation is 1. The number of rotatable bonds is 2. The van der Waals surface area contributed by atoms with Crippen LogP contribution in [-0.4, -0.2) is 20.5 Å². The average Bonchev–Trinajstić information content (AvgIpc) is 2.92. The highest BCUT2D eigenvalue weighted by atomic mass is 79.9. The monoisotopic (exact) mass is 336 g/mol. The van der Waals surface area contributed by atoms with E-state index in [1.165, 1.54) is 11.3 Å². The smallest absolute Gasteiger partial charge is 0.355 e. The molecule has 3 rings (SSSR count). The van der Waals surface area contributed by atoms with E-state index in [0.29, 0.717) is 11.3 Å². The Morgan fingerprint density at radius 1 is 1.53 bits per heavy atom. The number of carboxylic acid groups (broad SMARTS) is 1. The summed E-state index contributed by atoms with van der Waals surface area (Å²) in [5.41, 5.74) is 2.31. The minimum atomic E-state index is -0.978. The molecule has 0 aliphatic carbocycles. The molecular formula is C13H9BrN2O2S. The van der Waals surface area contributed by atoms with Gasteiger partial charge in [0.1, 0.15) is 11.3 Å². The number of fused-ring (bicyclic) bond motifs is 1. The van der Waals surface area contributed by atoms with Crippen LogP contribution < -0.4 is 0 Å². The standard InChI is InChI=1S/C13H9BrN2O2S/c1-7-5-8(14)6-16-11(13(17)18)10(15-12(7)16)9-3-2-4-19-9/h2-6H,1H3,(H,17,18). The molecule has 3 aromatic rings. The van der Waals surface area contributed by atoms with Gasteiger partial charge < -0.3 is 5.11 Å². The fourth-order valence-corrected chi connectivity index (χ4v) is 3.32. The van der Waals surface area contributed by atoms with Gasteiger partial charge >= 0.3 is 5.97 Å². The zero-order valence-electron chi connectivity index (χ0n) is 9.92. The maximum absolute atomic E-state index is 11.5. The highest BCUT2D eigenvalue weighted by molar-refractivity contribution is 9.10. The van der Waals surface area contributed by atoms with Crippen LogP contribution in [0.3, 0.4) is 0 Å². The second kappa shape index (κ2) is 4.47. The van der Waals surface area contributed by atoms with Gasteiger partial charge in [-0.15, -0.1) is 11.3 Å². The van der Waals surface area contributed by atoms with E-state index in [9.17, 15) is 9.90 Å². The van der Waals surface area contributed by atoms with Crippen LogP contribution in [-0.2, 0) is 0 Å². The van der Waals surface area contributed by atoms with Gasteiger partial charge in [-0.3, -0.25) is 4.40 Å². The molecule has 0 spiro atoms. The van der Waals surface area contributed by atoms with Crippen molar-refractivity contribution < 1.29 is 9.90 Å². The number of carbonyl (C=O) groups is 1. The van der Waals surface area contributed by atoms with E-state index in [0.717, 1.165) is 14.9 Å². The first-order valence-electron chi connectivity index (χ1n) is 5.53. The lowest BCUT2D eigenvalue weighted by Gasteiger charge is -2.01. The number of thiophene rings is 1. The third-order valence-electron chi connectivity index (χ3n) is 2.83. The minimum absolute atomic E-state index is 0.196. The summed E-state index contributed by atoms with van der Waals surface area (Å²) in [5.74, 6) is -0.978. The Balaban J connectivity index is 2.43. The van der Waals surface area contributed by atoms with E-state index >= 15 is 0 Å². The van der Waals surface area contributed by atoms with Crippen LogP contribution >= 0.6 is 27.3 Å². The Kier molecular flexibility index (Phi) is 2.91. The molecule has 0 aliphatic rings. The molecule has 0 amide bonds. The van der Waals surface area contributed by atoms with E-state index in [2.05, 4.69) is 20.9 Å². The molecule has 0 fully saturated rings. The summed E-state index contributed by atoms with van der Waals surface area (Å²) < 4.78 is 2.45. The summed E-state index contributed by atoms with van der Waals surface area (Å²) in [7, 11) is 0. The predicted molar refractivity (Wildman–Crippen MR) is 77.9 cm³/mol. The van der Waals surface area contributed by atoms with Gasteiger partial charge in [-0.2, -0.15) is 0 Å². The molecule has 0 aliphatic heterocycles. The van der Waals surface area contributed by atoms with Crippen LogP contribution in [0.5, 0.6) is 0 Å². The summed E-state index contributed by atoms with van der Waals surface area (Å²) in [6.07, 6.45) is 1.73. The second-order valence-electron chi connectivity index (χ2n) is 4.13. The van der Waals surface area contributed by atoms with Crippen LogP contribution in [0.2, 0.25) is 0 Å². The molecule has 0 atom stereocenters. The van der Waals surface area contributed by atoms with Crippen LogP contribution in [0.4, 0.5) is 0 Å². The van der Waals surface area contributed by atoms with Crippen LogP contribution in [0.25, 0.3) is 16.2 Å². The molecule has 3 aromatic heterocycles. The number of aromatic nitrogens is 2. The van der Waals surface area contributed by atoms with Crippen molar-refractivity contribution in [1.29, 1.82) is 0 Å². The lowest BCUT2D eigenvalue weighted by atomic mass is 10.3. The normalized spacial score (nSPS) is 11.1. The number of hydrogen-bond acceptors (Lipinski definition) is 3. The number of carboxylic acids is 1. The van der Waals surface area contributed by atoms with Crippen molar-refractivity contribution in [1.82, 2.24) is 9.38 Å². The maximum Gasteiger partial charge on any atom is 0.355 e. The average molecular weight is 337 g/mol. The van der Waals surface area contributed by atoms with Crippen molar-refractivity contribution in [3.05, 3.63) is 45.5 Å². The number of imidazole rings is 1. The van der Waals surface area contributed by atoms with Gasteiger partial charge in [0.2, 0.25) is 0 Å². The fourth-order valence-electron chi connectivity index (χ4n) is 2.06. The highest BCUT2D eigenvalue weighted by Crippen LogP contribution is 2.30. The van der Waals surface area contributed by atoms with E-state index in [1.807, 2.05) is 30.5 Å². The predicted octanol–water partition coefficient (Wildman–Crippen LogP) is 3.83. The summed E-state index contributed by atoms with van der Waals surface area (Å²) in [4.78, 5) is 16.9. The molecule has 3 heterocycles. The van der Waals surface area contributed by atoms with Crippen LogP contribution in [0, 0.1) is 6.92 Å². The lowest BCUT2D eigenvalue weighted by molar-refractivity contribution is 0.0690. The first-order valence-corrected chi connectivity index (χ1v) is 7.20. The van der Waals surface area contributed by atoms with Crippen molar-refractivity contribution >= 4 is 38.9 Å². The minimum Gasteiger partial charge on any atom is -0.476 e. The van der Waals surface area contributed by atoms with Crippen molar-refractivity contribution in [3.63, 3.8) is 0 Å². The lowest BCUT2D eigenvalue weighted by Crippen LogP contribution is -2.03. The Morgan fingerprint density at radius 2 is 2.32 bits per heavy atom. The largest absolute Gasteiger partial charge is 0.476 e. The Morgan fingerprint density at radius 3 is 2.95 bits per heavy atom. The van der Waals surface area contributed by atoms with Gasteiger partial charge in [0, 0.05) is 10.7 Å². The molecule has 6 heteroatoms. The van der Waals surface area contributed by atoms with Crippen LogP contribution in [0.1, 0.15) is 16.1 Å². The van der Waals surface area contributed by atoms with Gasteiger partial charge in [-0.25, -0.2) is 9.78 Å². The van der Waals surface area contributed by atoms with E-state index in [1.54, 1.807) is 10.6 Å². The second-order valence-corrected chi connectivity index (χ2v) is 5.99. The summed E-state index contributed by atoms with van der Waals surface area (Å²) >= 11 is 4.87. The number of pyridine rings is 1. The zero-order valence-corrected chi connectivity index (χ0v) is 12.3. The molecule has 0 radical (unpaired) electrons. The van der Waals surface area contributed by atoms with E-state index in [4.69, 9.17) is 0 Å². The molecule has 96 valence electrons. The molecule has 4 nitrogen and oxygen atoms in total. The van der Waals surface area contributed by atoms with E-state index in [-0.39, 0.29) is 5.69 Å². The van der Waals surface area contributed by atoms with E-state index < -0.39 is 5.97 Å². The Bertz CT molecular complexity index is 778. The molecule has 0 saturated carbocycles. The number of halogens is 1. The maximum atomic E-state index is 11.5. The molecule has 0 aromatic carbocycles. The van der Waals surface area contributed by atoms with Gasteiger partial charge in [-0.05, 0) is 45.9 Å². The van der Waals surface area contributed by atoms with Gasteiger partial charge in [0.25, 0.3) is 0 Å². The Hall–Kier alpha value is -1.66. The van der Waals surface area contributed by atoms with Crippen molar-refractivity contribution in [2.75, 3.05) is 0 Å². The van der Waals surface area contributed by atoms with Gasteiger partial charge in [0.05, 0.1) is 4.88 Å².